The van der Waals surface area contributed by atoms with Crippen molar-refractivity contribution in [3.8, 4) is 0 Å². The summed E-state index contributed by atoms with van der Waals surface area (Å²) in [5, 5.41) is 12.0. The molecule has 0 aromatic heterocycles. The highest BCUT2D eigenvalue weighted by Crippen LogP contribution is 2.08. The smallest absolute Gasteiger partial charge is 0.315 e. The van der Waals surface area contributed by atoms with Gasteiger partial charge in [0.2, 0.25) is 5.91 Å². The number of piperidine rings is 1. The van der Waals surface area contributed by atoms with Crippen LogP contribution < -0.4 is 21.3 Å². The molecule has 6 nitrogen and oxygen atoms in total. The van der Waals surface area contributed by atoms with Gasteiger partial charge in [0.25, 0.3) is 0 Å². The van der Waals surface area contributed by atoms with E-state index in [0.717, 1.165) is 31.5 Å². The molecule has 3 amide bonds. The number of halogens is 1. The van der Waals surface area contributed by atoms with E-state index in [1.165, 1.54) is 5.56 Å². The molecule has 2 rings (SSSR count). The Bertz CT molecular complexity index is 586. The Labute approximate surface area is 168 Å². The lowest BCUT2D eigenvalue weighted by Crippen LogP contribution is -2.54. The van der Waals surface area contributed by atoms with E-state index in [9.17, 15) is 9.59 Å². The fraction of sp³-hybridized carbons (Fsp3) is 0.600. The van der Waals surface area contributed by atoms with E-state index in [4.69, 9.17) is 0 Å². The molecule has 0 radical (unpaired) electrons. The van der Waals surface area contributed by atoms with Crippen LogP contribution in [-0.4, -0.2) is 37.1 Å². The summed E-state index contributed by atoms with van der Waals surface area (Å²) < 4.78 is 0. The number of hydrogen-bond donors (Lipinski definition) is 4. The van der Waals surface area contributed by atoms with Crippen molar-refractivity contribution < 1.29 is 9.59 Å². The van der Waals surface area contributed by atoms with Crippen LogP contribution in [0.2, 0.25) is 0 Å². The molecule has 1 aromatic carbocycles. The van der Waals surface area contributed by atoms with Crippen molar-refractivity contribution in [1.82, 2.24) is 21.3 Å². The van der Waals surface area contributed by atoms with Crippen LogP contribution in [0.15, 0.2) is 24.3 Å². The molecule has 0 bridgehead atoms. The van der Waals surface area contributed by atoms with Crippen molar-refractivity contribution in [3.63, 3.8) is 0 Å². The van der Waals surface area contributed by atoms with Gasteiger partial charge in [-0.3, -0.25) is 4.79 Å². The van der Waals surface area contributed by atoms with Gasteiger partial charge in [0.1, 0.15) is 6.04 Å². The Kier molecular flexibility index (Phi) is 10.2. The normalized spacial score (nSPS) is 17.6. The van der Waals surface area contributed by atoms with Crippen molar-refractivity contribution in [2.24, 2.45) is 5.92 Å². The van der Waals surface area contributed by atoms with E-state index in [2.05, 4.69) is 21.3 Å². The number of nitrogens with one attached hydrogen (secondary N) is 4. The maximum Gasteiger partial charge on any atom is 0.315 e. The molecule has 27 heavy (non-hydrogen) atoms. The van der Waals surface area contributed by atoms with Crippen LogP contribution in [0.5, 0.6) is 0 Å². The molecule has 1 aliphatic rings. The molecule has 152 valence electrons. The zero-order chi connectivity index (χ0) is 18.9. The molecule has 7 heteroatoms. The van der Waals surface area contributed by atoms with Gasteiger partial charge in [-0.1, -0.05) is 43.7 Å². The van der Waals surface area contributed by atoms with Gasteiger partial charge in [0.15, 0.2) is 0 Å². The molecule has 0 spiro atoms. The topological polar surface area (TPSA) is 82.3 Å². The van der Waals surface area contributed by atoms with Gasteiger partial charge in [-0.05, 0) is 44.2 Å². The largest absolute Gasteiger partial charge is 0.350 e. The minimum atomic E-state index is -0.519. The van der Waals surface area contributed by atoms with Crippen molar-refractivity contribution in [2.75, 3.05) is 13.1 Å². The van der Waals surface area contributed by atoms with Crippen LogP contribution in [0.25, 0.3) is 0 Å². The molecule has 0 aliphatic carbocycles. The summed E-state index contributed by atoms with van der Waals surface area (Å²) in [6, 6.07) is 7.32. The van der Waals surface area contributed by atoms with E-state index >= 15 is 0 Å². The van der Waals surface area contributed by atoms with Gasteiger partial charge in [0, 0.05) is 19.1 Å². The summed E-state index contributed by atoms with van der Waals surface area (Å²) in [5.74, 6) is 0.213. The van der Waals surface area contributed by atoms with Gasteiger partial charge >= 0.3 is 6.03 Å². The van der Waals surface area contributed by atoms with Crippen LogP contribution in [0.3, 0.4) is 0 Å². The molecule has 1 saturated heterocycles. The summed E-state index contributed by atoms with van der Waals surface area (Å²) in [6.07, 6.45) is 2.65. The molecule has 0 saturated carbocycles. The van der Waals surface area contributed by atoms with E-state index in [1.54, 1.807) is 0 Å². The Morgan fingerprint density at radius 3 is 2.52 bits per heavy atom. The molecule has 4 N–H and O–H groups in total. The second kappa shape index (κ2) is 11.8. The Morgan fingerprint density at radius 1 is 1.22 bits per heavy atom. The first kappa shape index (κ1) is 23.2. The molecule has 1 aliphatic heterocycles. The number of carbonyl (C=O) groups is 2. The lowest BCUT2D eigenvalue weighted by atomic mass is 10.0. The third kappa shape index (κ3) is 8.63. The maximum atomic E-state index is 12.6. The summed E-state index contributed by atoms with van der Waals surface area (Å²) in [6.45, 7) is 8.36. The second-order valence-electron chi connectivity index (χ2n) is 7.55. The van der Waals surface area contributed by atoms with E-state index in [1.807, 2.05) is 45.0 Å². The van der Waals surface area contributed by atoms with Gasteiger partial charge < -0.3 is 21.3 Å². The van der Waals surface area contributed by atoms with Crippen molar-refractivity contribution in [3.05, 3.63) is 35.4 Å². The van der Waals surface area contributed by atoms with Gasteiger partial charge in [0.05, 0.1) is 0 Å². The predicted octanol–water partition coefficient (Wildman–Crippen LogP) is 2.50. The maximum absolute atomic E-state index is 12.6. The monoisotopic (exact) mass is 396 g/mol. The molecule has 1 heterocycles. The van der Waals surface area contributed by atoms with Crippen molar-refractivity contribution in [2.45, 2.75) is 58.7 Å². The molecular formula is C20H33ClN4O2. The van der Waals surface area contributed by atoms with Crippen LogP contribution in [-0.2, 0) is 11.3 Å². The van der Waals surface area contributed by atoms with Crippen LogP contribution in [0.1, 0.15) is 44.2 Å². The lowest BCUT2D eigenvalue weighted by molar-refractivity contribution is -0.124. The zero-order valence-corrected chi connectivity index (χ0v) is 17.3. The highest BCUT2D eigenvalue weighted by Gasteiger charge is 2.24. The first-order valence-corrected chi connectivity index (χ1v) is 9.55. The van der Waals surface area contributed by atoms with Gasteiger partial charge in [-0.25, -0.2) is 4.79 Å². The van der Waals surface area contributed by atoms with Crippen LogP contribution in [0.4, 0.5) is 4.79 Å². The highest BCUT2D eigenvalue weighted by molar-refractivity contribution is 5.87. The lowest BCUT2D eigenvalue weighted by Gasteiger charge is -2.27. The van der Waals surface area contributed by atoms with E-state index < -0.39 is 6.04 Å². The standard InChI is InChI=1S/C20H32N4O2.ClH/c1-14(2)11-18(19(25)23-17-5-4-10-21-13-17)24-20(26)22-12-16-8-6-15(3)7-9-16;/h6-9,14,17-18,21H,4-5,10-13H2,1-3H3,(H,23,25)(H2,22,24,26);1H. The number of urea groups is 1. The number of hydrogen-bond acceptors (Lipinski definition) is 3. The van der Waals surface area contributed by atoms with E-state index in [0.29, 0.717) is 18.9 Å². The Balaban J connectivity index is 0.00000364. The number of rotatable bonds is 7. The van der Waals surface area contributed by atoms with Gasteiger partial charge in [-0.15, -0.1) is 12.4 Å². The van der Waals surface area contributed by atoms with Crippen LogP contribution in [0, 0.1) is 12.8 Å². The molecule has 2 unspecified atom stereocenters. The quantitative estimate of drug-likeness (QED) is 0.571. The average Bonchev–Trinajstić information content (AvgIpc) is 2.61. The third-order valence-corrected chi connectivity index (χ3v) is 4.55. The fourth-order valence-corrected chi connectivity index (χ4v) is 3.08. The number of amides is 3. The SMILES string of the molecule is Cc1ccc(CNC(=O)NC(CC(C)C)C(=O)NC2CCCNC2)cc1.Cl. The minimum absolute atomic E-state index is 0. The van der Waals surface area contributed by atoms with Crippen molar-refractivity contribution in [1.29, 1.82) is 0 Å². The minimum Gasteiger partial charge on any atom is -0.350 e. The van der Waals surface area contributed by atoms with E-state index in [-0.39, 0.29) is 30.4 Å². The van der Waals surface area contributed by atoms with Crippen LogP contribution >= 0.6 is 12.4 Å². The third-order valence-electron chi connectivity index (χ3n) is 4.55. The summed E-state index contributed by atoms with van der Waals surface area (Å²) in [7, 11) is 0. The first-order valence-electron chi connectivity index (χ1n) is 9.55. The predicted molar refractivity (Wildman–Crippen MR) is 111 cm³/mol. The number of carbonyl (C=O) groups excluding carboxylic acids is 2. The highest BCUT2D eigenvalue weighted by atomic mass is 35.5. The fourth-order valence-electron chi connectivity index (χ4n) is 3.08. The first-order chi connectivity index (χ1) is 12.4. The molecular weight excluding hydrogens is 364 g/mol. The molecule has 2 atom stereocenters. The second-order valence-corrected chi connectivity index (χ2v) is 7.55. The summed E-state index contributed by atoms with van der Waals surface area (Å²) >= 11 is 0. The molecule has 1 fully saturated rings. The summed E-state index contributed by atoms with van der Waals surface area (Å²) in [4.78, 5) is 24.9. The average molecular weight is 397 g/mol. The number of benzene rings is 1. The Hall–Kier alpha value is -1.79. The Morgan fingerprint density at radius 2 is 1.93 bits per heavy atom. The van der Waals surface area contributed by atoms with Crippen molar-refractivity contribution >= 4 is 24.3 Å². The molecule has 1 aromatic rings. The van der Waals surface area contributed by atoms with Gasteiger partial charge in [-0.2, -0.15) is 0 Å². The summed E-state index contributed by atoms with van der Waals surface area (Å²) in [5.41, 5.74) is 2.22. The number of aryl methyl sites for hydroxylation is 1. The zero-order valence-electron chi connectivity index (χ0n) is 16.5.